The Balaban J connectivity index is 4.81. The number of methoxy groups -OCH3 is 1. The molecule has 0 aliphatic heterocycles. The summed E-state index contributed by atoms with van der Waals surface area (Å²) in [7, 11) is 1.70. The van der Waals surface area contributed by atoms with E-state index in [1.54, 1.807) is 7.11 Å². The average Bonchev–Trinajstić information content (AvgIpc) is 2.47. The molecule has 0 aliphatic carbocycles. The highest BCUT2D eigenvalue weighted by molar-refractivity contribution is 5.79. The monoisotopic (exact) mass is 310 g/mol. The quantitative estimate of drug-likeness (QED) is 0.250. The fourth-order valence-electron chi connectivity index (χ4n) is 2.22. The standard InChI is InChI=1S/C17H34N4O/c1-7-11-21(12-8-2)16(15(4)5)14-20-17(18-9-3)19-10-13-22-6/h7-8,15-16H,1-2,9-14H2,3-6H3,(H2,18,19,20). The van der Waals surface area contributed by atoms with Crippen LogP contribution < -0.4 is 10.6 Å². The molecule has 0 aromatic carbocycles. The zero-order valence-corrected chi connectivity index (χ0v) is 14.8. The lowest BCUT2D eigenvalue weighted by Gasteiger charge is -2.32. The van der Waals surface area contributed by atoms with Gasteiger partial charge in [-0.05, 0) is 12.8 Å². The van der Waals surface area contributed by atoms with Crippen molar-refractivity contribution in [1.82, 2.24) is 15.5 Å². The first-order valence-corrected chi connectivity index (χ1v) is 8.07. The first-order valence-electron chi connectivity index (χ1n) is 8.07. The maximum Gasteiger partial charge on any atom is 0.191 e. The Bertz CT molecular complexity index is 319. The SMILES string of the molecule is C=CCN(CC=C)C(CN=C(NCC)NCCOC)C(C)C. The first kappa shape index (κ1) is 20.7. The minimum Gasteiger partial charge on any atom is -0.383 e. The minimum absolute atomic E-state index is 0.355. The van der Waals surface area contributed by atoms with Crippen molar-refractivity contribution in [1.29, 1.82) is 0 Å². The predicted molar refractivity (Wildman–Crippen MR) is 96.5 cm³/mol. The van der Waals surface area contributed by atoms with E-state index in [1.807, 2.05) is 12.2 Å². The molecular weight excluding hydrogens is 276 g/mol. The van der Waals surface area contributed by atoms with Crippen LogP contribution in [-0.2, 0) is 4.74 Å². The van der Waals surface area contributed by atoms with Crippen molar-refractivity contribution in [3.05, 3.63) is 25.3 Å². The van der Waals surface area contributed by atoms with E-state index < -0.39 is 0 Å². The molecule has 0 bridgehead atoms. The summed E-state index contributed by atoms with van der Waals surface area (Å²) in [5, 5.41) is 6.54. The molecule has 0 saturated carbocycles. The molecule has 0 heterocycles. The van der Waals surface area contributed by atoms with Crippen LogP contribution in [-0.4, -0.2) is 63.3 Å². The molecule has 0 spiro atoms. The van der Waals surface area contributed by atoms with E-state index in [4.69, 9.17) is 9.73 Å². The topological polar surface area (TPSA) is 48.9 Å². The lowest BCUT2D eigenvalue weighted by atomic mass is 10.0. The molecular formula is C17H34N4O. The normalized spacial score (nSPS) is 13.3. The van der Waals surface area contributed by atoms with E-state index in [0.29, 0.717) is 18.6 Å². The molecule has 0 saturated heterocycles. The van der Waals surface area contributed by atoms with Gasteiger partial charge in [-0.2, -0.15) is 0 Å². The van der Waals surface area contributed by atoms with Crippen LogP contribution in [0.15, 0.2) is 30.3 Å². The van der Waals surface area contributed by atoms with Gasteiger partial charge in [-0.3, -0.25) is 9.89 Å². The lowest BCUT2D eigenvalue weighted by molar-refractivity contribution is 0.195. The molecule has 5 nitrogen and oxygen atoms in total. The second-order valence-electron chi connectivity index (χ2n) is 5.48. The smallest absolute Gasteiger partial charge is 0.191 e. The van der Waals surface area contributed by atoms with Gasteiger partial charge in [0.1, 0.15) is 0 Å². The zero-order valence-electron chi connectivity index (χ0n) is 14.8. The highest BCUT2D eigenvalue weighted by atomic mass is 16.5. The molecule has 0 radical (unpaired) electrons. The van der Waals surface area contributed by atoms with E-state index in [9.17, 15) is 0 Å². The number of hydrogen-bond donors (Lipinski definition) is 2. The van der Waals surface area contributed by atoms with Crippen molar-refractivity contribution in [3.63, 3.8) is 0 Å². The number of guanidine groups is 1. The van der Waals surface area contributed by atoms with E-state index in [-0.39, 0.29) is 0 Å². The summed E-state index contributed by atoms with van der Waals surface area (Å²) in [6, 6.07) is 0.355. The van der Waals surface area contributed by atoms with Gasteiger partial charge in [-0.1, -0.05) is 26.0 Å². The largest absolute Gasteiger partial charge is 0.383 e. The third kappa shape index (κ3) is 8.85. The molecule has 128 valence electrons. The second-order valence-corrected chi connectivity index (χ2v) is 5.48. The summed E-state index contributed by atoms with van der Waals surface area (Å²) in [5.41, 5.74) is 0. The molecule has 2 N–H and O–H groups in total. The average molecular weight is 310 g/mol. The summed E-state index contributed by atoms with van der Waals surface area (Å²) >= 11 is 0. The molecule has 0 aromatic heterocycles. The van der Waals surface area contributed by atoms with E-state index in [1.165, 1.54) is 0 Å². The van der Waals surface area contributed by atoms with Gasteiger partial charge in [0.25, 0.3) is 0 Å². The van der Waals surface area contributed by atoms with Gasteiger partial charge in [0.15, 0.2) is 5.96 Å². The lowest BCUT2D eigenvalue weighted by Crippen LogP contribution is -2.44. The number of hydrogen-bond acceptors (Lipinski definition) is 3. The summed E-state index contributed by atoms with van der Waals surface area (Å²) in [4.78, 5) is 7.07. The van der Waals surface area contributed by atoms with Crippen LogP contribution in [0.4, 0.5) is 0 Å². The van der Waals surface area contributed by atoms with Crippen LogP contribution in [0.5, 0.6) is 0 Å². The Morgan fingerprint density at radius 2 is 1.86 bits per heavy atom. The molecule has 1 atom stereocenters. The first-order chi connectivity index (χ1) is 10.6. The van der Waals surface area contributed by atoms with E-state index >= 15 is 0 Å². The summed E-state index contributed by atoms with van der Waals surface area (Å²) < 4.78 is 5.06. The Kier molecular flexibility index (Phi) is 12.5. The Labute approximate surface area is 136 Å². The summed E-state index contributed by atoms with van der Waals surface area (Å²) in [6.45, 7) is 18.9. The van der Waals surface area contributed by atoms with Crippen molar-refractivity contribution in [3.8, 4) is 0 Å². The van der Waals surface area contributed by atoms with Crippen LogP contribution in [0.2, 0.25) is 0 Å². The van der Waals surface area contributed by atoms with Crippen molar-refractivity contribution >= 4 is 5.96 Å². The second kappa shape index (κ2) is 13.3. The van der Waals surface area contributed by atoms with Gasteiger partial charge in [0.05, 0.1) is 13.2 Å². The van der Waals surface area contributed by atoms with Crippen LogP contribution >= 0.6 is 0 Å². The minimum atomic E-state index is 0.355. The van der Waals surface area contributed by atoms with Gasteiger partial charge in [0.2, 0.25) is 0 Å². The molecule has 0 aliphatic rings. The third-order valence-electron chi connectivity index (χ3n) is 3.35. The van der Waals surface area contributed by atoms with Gasteiger partial charge in [-0.15, -0.1) is 13.2 Å². The summed E-state index contributed by atoms with van der Waals surface area (Å²) in [5.74, 6) is 1.34. The van der Waals surface area contributed by atoms with Gasteiger partial charge in [0, 0.05) is 39.3 Å². The molecule has 1 unspecified atom stereocenters. The van der Waals surface area contributed by atoms with Crippen molar-refractivity contribution in [2.45, 2.75) is 26.8 Å². The molecule has 0 rings (SSSR count). The van der Waals surface area contributed by atoms with Gasteiger partial charge in [-0.25, -0.2) is 0 Å². The van der Waals surface area contributed by atoms with Crippen molar-refractivity contribution in [2.75, 3.05) is 46.4 Å². The predicted octanol–water partition coefficient (Wildman–Crippen LogP) is 1.89. The van der Waals surface area contributed by atoms with Crippen LogP contribution in [0.3, 0.4) is 0 Å². The molecule has 0 amide bonds. The highest BCUT2D eigenvalue weighted by Crippen LogP contribution is 2.11. The number of nitrogens with one attached hydrogen (secondary N) is 2. The Morgan fingerprint density at radius 1 is 1.23 bits per heavy atom. The van der Waals surface area contributed by atoms with E-state index in [2.05, 4.69) is 49.5 Å². The molecule has 0 fully saturated rings. The van der Waals surface area contributed by atoms with Gasteiger partial charge < -0.3 is 15.4 Å². The van der Waals surface area contributed by atoms with Crippen molar-refractivity contribution in [2.24, 2.45) is 10.9 Å². The van der Waals surface area contributed by atoms with Gasteiger partial charge >= 0.3 is 0 Å². The maximum atomic E-state index is 5.06. The highest BCUT2D eigenvalue weighted by Gasteiger charge is 2.19. The van der Waals surface area contributed by atoms with E-state index in [0.717, 1.165) is 38.7 Å². The number of ether oxygens (including phenoxy) is 1. The molecule has 0 aromatic rings. The number of nitrogens with zero attached hydrogens (tertiary/aromatic N) is 2. The van der Waals surface area contributed by atoms with Crippen LogP contribution in [0.25, 0.3) is 0 Å². The Morgan fingerprint density at radius 3 is 2.32 bits per heavy atom. The number of rotatable bonds is 12. The third-order valence-corrected chi connectivity index (χ3v) is 3.35. The molecule has 22 heavy (non-hydrogen) atoms. The van der Waals surface area contributed by atoms with Crippen molar-refractivity contribution < 1.29 is 4.74 Å². The summed E-state index contributed by atoms with van der Waals surface area (Å²) in [6.07, 6.45) is 3.87. The zero-order chi connectivity index (χ0) is 16.8. The van der Waals surface area contributed by atoms with Crippen LogP contribution in [0, 0.1) is 5.92 Å². The Hall–Kier alpha value is -1.33. The fourth-order valence-corrected chi connectivity index (χ4v) is 2.22. The molecule has 5 heteroatoms. The number of aliphatic imine (C=N–C) groups is 1. The maximum absolute atomic E-state index is 5.06. The van der Waals surface area contributed by atoms with Crippen LogP contribution in [0.1, 0.15) is 20.8 Å². The fraction of sp³-hybridized carbons (Fsp3) is 0.706.